The number of anilines is 1. The summed E-state index contributed by atoms with van der Waals surface area (Å²) in [6.45, 7) is 5.22. The van der Waals surface area contributed by atoms with Gasteiger partial charge in [-0.15, -0.1) is 0 Å². The minimum absolute atomic E-state index is 0.757. The lowest BCUT2D eigenvalue weighted by molar-refractivity contribution is 0.357. The number of hydrogen-bond donors (Lipinski definition) is 1. The lowest BCUT2D eigenvalue weighted by Crippen LogP contribution is -1.98. The topological polar surface area (TPSA) is 39.1 Å². The van der Waals surface area contributed by atoms with E-state index < -0.39 is 0 Å². The van der Waals surface area contributed by atoms with Crippen LogP contribution in [0.4, 0.5) is 5.69 Å². The van der Waals surface area contributed by atoms with Crippen molar-refractivity contribution in [2.45, 2.75) is 13.0 Å². The largest absolute Gasteiger partial charge is 0.493 e. The molecule has 1 aromatic heterocycles. The van der Waals surface area contributed by atoms with Crippen LogP contribution in [0.15, 0.2) is 37.2 Å². The quantitative estimate of drug-likeness (QED) is 0.894. The summed E-state index contributed by atoms with van der Waals surface area (Å²) in [5.74, 6) is 1.01. The molecule has 0 radical (unpaired) electrons. The summed E-state index contributed by atoms with van der Waals surface area (Å²) in [6.07, 6.45) is 6.47. The summed E-state index contributed by atoms with van der Waals surface area (Å²) in [6, 6.07) is 6.22. The summed E-state index contributed by atoms with van der Waals surface area (Å²) < 4.78 is 7.18. The van der Waals surface area contributed by atoms with E-state index in [1.807, 2.05) is 24.5 Å². The third-order valence-corrected chi connectivity index (χ3v) is 3.03. The second-order valence-corrected chi connectivity index (χ2v) is 4.29. The normalized spacial score (nSPS) is 12.9. The van der Waals surface area contributed by atoms with Crippen LogP contribution in [0.5, 0.6) is 5.75 Å². The Labute approximate surface area is 106 Å². The van der Waals surface area contributed by atoms with Crippen molar-refractivity contribution < 1.29 is 4.74 Å². The Balaban J connectivity index is 1.68. The van der Waals surface area contributed by atoms with Gasteiger partial charge in [0.25, 0.3) is 0 Å². The van der Waals surface area contributed by atoms with Crippen LogP contribution in [-0.4, -0.2) is 16.4 Å². The highest BCUT2D eigenvalue weighted by molar-refractivity contribution is 5.52. The third kappa shape index (κ3) is 2.09. The number of aromatic nitrogens is 2. The zero-order valence-electron chi connectivity index (χ0n) is 10.1. The van der Waals surface area contributed by atoms with Crippen LogP contribution in [0, 0.1) is 0 Å². The maximum atomic E-state index is 5.48. The van der Waals surface area contributed by atoms with E-state index in [2.05, 4.69) is 23.1 Å². The van der Waals surface area contributed by atoms with Gasteiger partial charge < -0.3 is 10.1 Å². The van der Waals surface area contributed by atoms with Gasteiger partial charge in [0.1, 0.15) is 5.75 Å². The Morgan fingerprint density at radius 2 is 2.44 bits per heavy atom. The van der Waals surface area contributed by atoms with E-state index in [0.717, 1.165) is 36.6 Å². The Morgan fingerprint density at radius 3 is 3.28 bits per heavy atom. The highest BCUT2D eigenvalue weighted by atomic mass is 16.5. The average Bonchev–Trinajstić information content (AvgIpc) is 3.04. The van der Waals surface area contributed by atoms with E-state index in [-0.39, 0.29) is 0 Å². The van der Waals surface area contributed by atoms with Crippen molar-refractivity contribution in [1.29, 1.82) is 0 Å². The molecule has 0 bridgehead atoms. The molecule has 18 heavy (non-hydrogen) atoms. The molecule has 0 aliphatic carbocycles. The molecule has 0 spiro atoms. The molecule has 2 heterocycles. The minimum Gasteiger partial charge on any atom is -0.493 e. The lowest BCUT2D eigenvalue weighted by atomic mass is 10.1. The van der Waals surface area contributed by atoms with Crippen molar-refractivity contribution >= 4 is 11.9 Å². The number of benzene rings is 1. The first-order chi connectivity index (χ1) is 8.85. The molecule has 0 unspecified atom stereocenters. The molecule has 0 amide bonds. The Bertz CT molecular complexity index is 574. The molecular weight excluding hydrogens is 226 g/mol. The number of hydrogen-bond acceptors (Lipinski definition) is 3. The van der Waals surface area contributed by atoms with E-state index in [1.54, 1.807) is 10.9 Å². The van der Waals surface area contributed by atoms with Crippen LogP contribution in [0.3, 0.4) is 0 Å². The summed E-state index contributed by atoms with van der Waals surface area (Å²) in [5, 5.41) is 7.53. The van der Waals surface area contributed by atoms with Crippen molar-refractivity contribution in [3.8, 4) is 5.75 Å². The molecule has 1 aromatic carbocycles. The summed E-state index contributed by atoms with van der Waals surface area (Å²) in [4.78, 5) is 0. The predicted octanol–water partition coefficient (Wildman–Crippen LogP) is 2.53. The highest BCUT2D eigenvalue weighted by Crippen LogP contribution is 2.27. The molecule has 2 aromatic rings. The van der Waals surface area contributed by atoms with E-state index in [9.17, 15) is 0 Å². The molecule has 4 heteroatoms. The minimum atomic E-state index is 0.757. The number of nitrogens with one attached hydrogen (secondary N) is 1. The van der Waals surface area contributed by atoms with Gasteiger partial charge in [-0.05, 0) is 23.8 Å². The number of ether oxygens (including phenoxy) is 1. The van der Waals surface area contributed by atoms with E-state index >= 15 is 0 Å². The highest BCUT2D eigenvalue weighted by Gasteiger charge is 2.11. The molecule has 0 saturated carbocycles. The van der Waals surface area contributed by atoms with Crippen LogP contribution < -0.4 is 10.1 Å². The van der Waals surface area contributed by atoms with Crippen LogP contribution >= 0.6 is 0 Å². The van der Waals surface area contributed by atoms with Crippen LogP contribution in [0.2, 0.25) is 0 Å². The van der Waals surface area contributed by atoms with Gasteiger partial charge in [-0.2, -0.15) is 5.10 Å². The zero-order valence-corrected chi connectivity index (χ0v) is 10.1. The van der Waals surface area contributed by atoms with Crippen molar-refractivity contribution in [3.63, 3.8) is 0 Å². The van der Waals surface area contributed by atoms with Gasteiger partial charge in [-0.3, -0.25) is 0 Å². The van der Waals surface area contributed by atoms with Crippen LogP contribution in [0.25, 0.3) is 6.20 Å². The Kier molecular flexibility index (Phi) is 2.76. The monoisotopic (exact) mass is 241 g/mol. The second-order valence-electron chi connectivity index (χ2n) is 4.29. The molecule has 1 aliphatic heterocycles. The maximum absolute atomic E-state index is 5.48. The molecule has 0 atom stereocenters. The maximum Gasteiger partial charge on any atom is 0.122 e. The number of fused-ring (bicyclic) bond motifs is 1. The van der Waals surface area contributed by atoms with Gasteiger partial charge in [-0.25, -0.2) is 4.68 Å². The molecular formula is C14H15N3O. The van der Waals surface area contributed by atoms with Gasteiger partial charge in [0.15, 0.2) is 0 Å². The Morgan fingerprint density at radius 1 is 1.50 bits per heavy atom. The fourth-order valence-electron chi connectivity index (χ4n) is 2.07. The molecule has 1 N–H and O–H groups in total. The molecule has 0 saturated heterocycles. The van der Waals surface area contributed by atoms with Gasteiger partial charge in [0.05, 0.1) is 12.8 Å². The zero-order chi connectivity index (χ0) is 12.4. The Hall–Kier alpha value is -2.23. The first-order valence-electron chi connectivity index (χ1n) is 6.00. The molecule has 0 fully saturated rings. The standard InChI is InChI=1S/C14H15N3O/c1-2-17-10-11(9-16-17)8-15-13-3-4-14-12(7-13)5-6-18-14/h2-4,7,9-10,15H,1,5-6,8H2. The third-order valence-electron chi connectivity index (χ3n) is 3.03. The number of nitrogens with zero attached hydrogens (tertiary/aromatic N) is 2. The van der Waals surface area contributed by atoms with E-state index in [0.29, 0.717) is 0 Å². The molecule has 92 valence electrons. The smallest absolute Gasteiger partial charge is 0.122 e. The summed E-state index contributed by atoms with van der Waals surface area (Å²) in [7, 11) is 0. The fourth-order valence-corrected chi connectivity index (χ4v) is 2.07. The van der Waals surface area contributed by atoms with E-state index in [4.69, 9.17) is 4.74 Å². The lowest BCUT2D eigenvalue weighted by Gasteiger charge is -2.06. The SMILES string of the molecule is C=Cn1cc(CNc2ccc3c(c2)CCO3)cn1. The van der Waals surface area contributed by atoms with Crippen LogP contribution in [0.1, 0.15) is 11.1 Å². The van der Waals surface area contributed by atoms with Crippen LogP contribution in [-0.2, 0) is 13.0 Å². The van der Waals surface area contributed by atoms with E-state index in [1.165, 1.54) is 5.56 Å². The second kappa shape index (κ2) is 4.56. The number of rotatable bonds is 4. The summed E-state index contributed by atoms with van der Waals surface area (Å²) in [5.41, 5.74) is 3.53. The van der Waals surface area contributed by atoms with Crippen molar-refractivity contribution in [2.24, 2.45) is 0 Å². The first-order valence-corrected chi connectivity index (χ1v) is 6.00. The van der Waals surface area contributed by atoms with Gasteiger partial charge in [-0.1, -0.05) is 6.58 Å². The van der Waals surface area contributed by atoms with Gasteiger partial charge in [0, 0.05) is 36.6 Å². The molecule has 4 nitrogen and oxygen atoms in total. The first kappa shape index (κ1) is 10.9. The van der Waals surface area contributed by atoms with Gasteiger partial charge in [0.2, 0.25) is 0 Å². The van der Waals surface area contributed by atoms with Crippen molar-refractivity contribution in [1.82, 2.24) is 9.78 Å². The fraction of sp³-hybridized carbons (Fsp3) is 0.214. The average molecular weight is 241 g/mol. The summed E-state index contributed by atoms with van der Waals surface area (Å²) >= 11 is 0. The molecule has 3 rings (SSSR count). The van der Waals surface area contributed by atoms with Gasteiger partial charge >= 0.3 is 0 Å². The molecule has 1 aliphatic rings. The van der Waals surface area contributed by atoms with Crippen molar-refractivity contribution in [2.75, 3.05) is 11.9 Å². The van der Waals surface area contributed by atoms with Crippen molar-refractivity contribution in [3.05, 3.63) is 48.3 Å². The predicted molar refractivity (Wildman–Crippen MR) is 71.6 cm³/mol.